The van der Waals surface area contributed by atoms with Crippen LogP contribution in [0.1, 0.15) is 17.0 Å². The van der Waals surface area contributed by atoms with Crippen LogP contribution in [0.5, 0.6) is 0 Å². The van der Waals surface area contributed by atoms with Gasteiger partial charge in [-0.3, -0.25) is 9.59 Å². The number of aliphatic carboxylic acids is 1. The van der Waals surface area contributed by atoms with Crippen LogP contribution in [-0.4, -0.2) is 40.1 Å². The number of carboxylic acid groups (broad SMARTS) is 1. The molecule has 6 nitrogen and oxygen atoms in total. The van der Waals surface area contributed by atoms with E-state index in [1.165, 1.54) is 4.90 Å². The number of carbonyl (C=O) groups excluding carboxylic acids is 1. The number of rotatable bonds is 3. The monoisotopic (exact) mass is 320 g/mol. The lowest BCUT2D eigenvalue weighted by Gasteiger charge is -2.12. The lowest BCUT2D eigenvalue weighted by molar-refractivity contribution is -0.141. The number of nitrogens with zero attached hydrogens (tertiary/aromatic N) is 2. The number of aromatic nitrogens is 1. The van der Waals surface area contributed by atoms with Gasteiger partial charge in [-0.2, -0.15) is 0 Å². The SMILES string of the molecule is O=C(O)[C@H]1CCN(C(=O)c2cc(-c3cccc(Cl)c3)no2)C1. The predicted octanol–water partition coefficient (Wildman–Crippen LogP) is 2.54. The molecule has 0 aliphatic carbocycles. The Labute approximate surface area is 131 Å². The molecule has 0 unspecified atom stereocenters. The highest BCUT2D eigenvalue weighted by Crippen LogP contribution is 2.24. The van der Waals surface area contributed by atoms with E-state index in [4.69, 9.17) is 21.2 Å². The number of amides is 1. The van der Waals surface area contributed by atoms with Crippen LogP contribution >= 0.6 is 11.6 Å². The van der Waals surface area contributed by atoms with Crippen LogP contribution in [-0.2, 0) is 4.79 Å². The quantitative estimate of drug-likeness (QED) is 0.939. The lowest BCUT2D eigenvalue weighted by Crippen LogP contribution is -2.29. The molecular formula is C15H13ClN2O4. The van der Waals surface area contributed by atoms with Gasteiger partial charge in [-0.25, -0.2) is 0 Å². The van der Waals surface area contributed by atoms with Crippen molar-refractivity contribution in [2.75, 3.05) is 13.1 Å². The Morgan fingerprint density at radius 1 is 1.36 bits per heavy atom. The highest BCUT2D eigenvalue weighted by atomic mass is 35.5. The zero-order valence-electron chi connectivity index (χ0n) is 11.5. The maximum Gasteiger partial charge on any atom is 0.308 e. The Bertz CT molecular complexity index is 728. The zero-order valence-corrected chi connectivity index (χ0v) is 12.3. The highest BCUT2D eigenvalue weighted by Gasteiger charge is 2.32. The van der Waals surface area contributed by atoms with Crippen LogP contribution in [0.2, 0.25) is 5.02 Å². The average Bonchev–Trinajstić information content (AvgIpc) is 3.16. The van der Waals surface area contributed by atoms with Crippen molar-refractivity contribution in [3.63, 3.8) is 0 Å². The number of likely N-dealkylation sites (tertiary alicyclic amines) is 1. The second-order valence-electron chi connectivity index (χ2n) is 5.16. The third-order valence-corrected chi connectivity index (χ3v) is 3.90. The number of benzene rings is 1. The Kier molecular flexibility index (Phi) is 3.85. The van der Waals surface area contributed by atoms with Crippen LogP contribution in [0, 0.1) is 5.92 Å². The van der Waals surface area contributed by atoms with Crippen molar-refractivity contribution in [1.29, 1.82) is 0 Å². The van der Waals surface area contributed by atoms with E-state index in [1.54, 1.807) is 24.3 Å². The fourth-order valence-electron chi connectivity index (χ4n) is 2.46. The molecule has 1 N–H and O–H groups in total. The van der Waals surface area contributed by atoms with Crippen molar-refractivity contribution in [2.24, 2.45) is 5.92 Å². The van der Waals surface area contributed by atoms with Gasteiger partial charge >= 0.3 is 5.97 Å². The Morgan fingerprint density at radius 3 is 2.86 bits per heavy atom. The third-order valence-electron chi connectivity index (χ3n) is 3.67. The summed E-state index contributed by atoms with van der Waals surface area (Å²) in [7, 11) is 0. The van der Waals surface area contributed by atoms with Gasteiger partial charge in [-0.05, 0) is 18.6 Å². The fourth-order valence-corrected chi connectivity index (χ4v) is 2.65. The minimum Gasteiger partial charge on any atom is -0.481 e. The maximum atomic E-state index is 12.3. The minimum absolute atomic E-state index is 0.0982. The molecular weight excluding hydrogens is 308 g/mol. The summed E-state index contributed by atoms with van der Waals surface area (Å²) in [5.41, 5.74) is 1.26. The molecule has 1 atom stereocenters. The van der Waals surface area contributed by atoms with Gasteiger partial charge in [0.1, 0.15) is 5.69 Å². The Morgan fingerprint density at radius 2 is 2.18 bits per heavy atom. The van der Waals surface area contributed by atoms with E-state index in [1.807, 2.05) is 6.07 Å². The Balaban J connectivity index is 1.77. The summed E-state index contributed by atoms with van der Waals surface area (Å²) in [6, 6.07) is 8.61. The van der Waals surface area contributed by atoms with Crippen LogP contribution in [0.3, 0.4) is 0 Å². The van der Waals surface area contributed by atoms with Gasteiger partial charge in [-0.1, -0.05) is 28.9 Å². The van der Waals surface area contributed by atoms with Gasteiger partial charge in [-0.15, -0.1) is 0 Å². The molecule has 0 saturated carbocycles. The lowest BCUT2D eigenvalue weighted by atomic mass is 10.1. The van der Waals surface area contributed by atoms with Crippen molar-refractivity contribution < 1.29 is 19.2 Å². The van der Waals surface area contributed by atoms with E-state index >= 15 is 0 Å². The van der Waals surface area contributed by atoms with E-state index in [-0.39, 0.29) is 18.2 Å². The summed E-state index contributed by atoms with van der Waals surface area (Å²) in [6.07, 6.45) is 0.455. The molecule has 22 heavy (non-hydrogen) atoms. The number of halogens is 1. The van der Waals surface area contributed by atoms with Crippen LogP contribution < -0.4 is 0 Å². The molecule has 1 saturated heterocycles. The van der Waals surface area contributed by atoms with E-state index in [2.05, 4.69) is 5.16 Å². The number of hydrogen-bond donors (Lipinski definition) is 1. The summed E-state index contributed by atoms with van der Waals surface area (Å²) in [5, 5.41) is 13.4. The minimum atomic E-state index is -0.882. The normalized spacial score (nSPS) is 17.7. The van der Waals surface area contributed by atoms with E-state index in [9.17, 15) is 9.59 Å². The van der Waals surface area contributed by atoms with E-state index < -0.39 is 11.9 Å². The first-order chi connectivity index (χ1) is 10.5. The summed E-state index contributed by atoms with van der Waals surface area (Å²) < 4.78 is 5.10. The standard InChI is InChI=1S/C15H13ClN2O4/c16-11-3-1-2-9(6-11)12-7-13(22-17-12)14(19)18-5-4-10(8-18)15(20)21/h1-3,6-7,10H,4-5,8H2,(H,20,21)/t10-/m0/s1. The van der Waals surface area contributed by atoms with Gasteiger partial charge in [0.05, 0.1) is 5.92 Å². The summed E-state index contributed by atoms with van der Waals surface area (Å²) in [6.45, 7) is 0.602. The molecule has 114 valence electrons. The van der Waals surface area contributed by atoms with Crippen molar-refractivity contribution in [3.8, 4) is 11.3 Å². The van der Waals surface area contributed by atoms with Crippen LogP contribution in [0.15, 0.2) is 34.9 Å². The van der Waals surface area contributed by atoms with Crippen LogP contribution in [0.4, 0.5) is 0 Å². The molecule has 2 aromatic rings. The molecule has 0 bridgehead atoms. The first kappa shape index (κ1) is 14.6. The smallest absolute Gasteiger partial charge is 0.308 e. The third kappa shape index (κ3) is 2.82. The van der Waals surface area contributed by atoms with Gasteiger partial charge in [0.25, 0.3) is 5.91 Å². The highest BCUT2D eigenvalue weighted by molar-refractivity contribution is 6.30. The maximum absolute atomic E-state index is 12.3. The molecule has 0 radical (unpaired) electrons. The molecule has 1 aromatic carbocycles. The predicted molar refractivity (Wildman–Crippen MR) is 78.6 cm³/mol. The summed E-state index contributed by atoms with van der Waals surface area (Å²) in [5.74, 6) is -1.64. The van der Waals surface area contributed by atoms with Crippen molar-refractivity contribution in [1.82, 2.24) is 10.1 Å². The van der Waals surface area contributed by atoms with Crippen molar-refractivity contribution in [2.45, 2.75) is 6.42 Å². The van der Waals surface area contributed by atoms with Gasteiger partial charge in [0.2, 0.25) is 5.76 Å². The summed E-state index contributed by atoms with van der Waals surface area (Å²) >= 11 is 5.92. The molecule has 7 heteroatoms. The van der Waals surface area contributed by atoms with E-state index in [0.717, 1.165) is 5.56 Å². The number of carboxylic acids is 1. The summed E-state index contributed by atoms with van der Waals surface area (Å²) in [4.78, 5) is 24.7. The molecule has 1 aliphatic rings. The first-order valence-corrected chi connectivity index (χ1v) is 7.17. The van der Waals surface area contributed by atoms with Gasteiger partial charge in [0, 0.05) is 29.7 Å². The van der Waals surface area contributed by atoms with Crippen LogP contribution in [0.25, 0.3) is 11.3 Å². The van der Waals surface area contributed by atoms with Crippen molar-refractivity contribution in [3.05, 3.63) is 41.1 Å². The fraction of sp³-hybridized carbons (Fsp3) is 0.267. The second-order valence-corrected chi connectivity index (χ2v) is 5.60. The number of hydrogen-bond acceptors (Lipinski definition) is 4. The van der Waals surface area contributed by atoms with Crippen molar-refractivity contribution >= 4 is 23.5 Å². The first-order valence-electron chi connectivity index (χ1n) is 6.79. The average molecular weight is 321 g/mol. The zero-order chi connectivity index (χ0) is 15.7. The molecule has 1 aliphatic heterocycles. The molecule has 1 fully saturated rings. The molecule has 3 rings (SSSR count). The largest absolute Gasteiger partial charge is 0.481 e. The Hall–Kier alpha value is -2.34. The number of carbonyl (C=O) groups is 2. The van der Waals surface area contributed by atoms with Gasteiger partial charge in [0.15, 0.2) is 0 Å². The van der Waals surface area contributed by atoms with E-state index in [0.29, 0.717) is 23.7 Å². The molecule has 0 spiro atoms. The van der Waals surface area contributed by atoms with Gasteiger partial charge < -0.3 is 14.5 Å². The molecule has 2 heterocycles. The molecule has 1 aromatic heterocycles. The second kappa shape index (κ2) is 5.81. The topological polar surface area (TPSA) is 83.6 Å². The molecule has 1 amide bonds.